The number of halogens is 1. The molecule has 146 valence electrons. The zero-order chi connectivity index (χ0) is 21.0. The number of urea groups is 1. The van der Waals surface area contributed by atoms with Gasteiger partial charge in [0.15, 0.2) is 11.5 Å². The van der Waals surface area contributed by atoms with Crippen molar-refractivity contribution in [1.82, 2.24) is 5.32 Å². The summed E-state index contributed by atoms with van der Waals surface area (Å²) in [7, 11) is 1.42. The number of benzene rings is 2. The van der Waals surface area contributed by atoms with Crippen molar-refractivity contribution < 1.29 is 23.9 Å². The molecule has 7 nitrogen and oxygen atoms in total. The Kier molecular flexibility index (Phi) is 5.86. The number of anilines is 1. The molecule has 8 heteroatoms. The third-order valence-electron chi connectivity index (χ3n) is 3.98. The number of terminal acetylenes is 1. The first kappa shape index (κ1) is 20.0. The third-order valence-corrected chi connectivity index (χ3v) is 4.26. The highest BCUT2D eigenvalue weighted by Gasteiger charge is 2.36. The number of imide groups is 2. The van der Waals surface area contributed by atoms with Gasteiger partial charge in [0.1, 0.15) is 12.2 Å². The van der Waals surface area contributed by atoms with E-state index in [0.717, 1.165) is 4.90 Å². The van der Waals surface area contributed by atoms with E-state index in [1.54, 1.807) is 30.3 Å². The quantitative estimate of drug-likeness (QED) is 0.465. The van der Waals surface area contributed by atoms with Gasteiger partial charge in [0.2, 0.25) is 0 Å². The summed E-state index contributed by atoms with van der Waals surface area (Å²) in [5.41, 5.74) is 0.506. The van der Waals surface area contributed by atoms with Crippen LogP contribution in [0.3, 0.4) is 0 Å². The number of ether oxygens (including phenoxy) is 2. The first-order valence-electron chi connectivity index (χ1n) is 8.36. The van der Waals surface area contributed by atoms with E-state index in [0.29, 0.717) is 11.3 Å². The number of hydrogen-bond acceptors (Lipinski definition) is 5. The lowest BCUT2D eigenvalue weighted by Gasteiger charge is -2.26. The van der Waals surface area contributed by atoms with Gasteiger partial charge < -0.3 is 9.47 Å². The smallest absolute Gasteiger partial charge is 0.335 e. The lowest BCUT2D eigenvalue weighted by Crippen LogP contribution is -2.54. The van der Waals surface area contributed by atoms with Gasteiger partial charge in [-0.25, -0.2) is 9.69 Å². The summed E-state index contributed by atoms with van der Waals surface area (Å²) in [6.07, 6.45) is 6.51. The Morgan fingerprint density at radius 1 is 1.21 bits per heavy atom. The van der Waals surface area contributed by atoms with Crippen LogP contribution in [0, 0.1) is 12.3 Å². The molecular formula is C21H15ClN2O5. The Bertz CT molecular complexity index is 1060. The predicted molar refractivity (Wildman–Crippen MR) is 108 cm³/mol. The second kappa shape index (κ2) is 8.50. The Labute approximate surface area is 171 Å². The fourth-order valence-corrected chi connectivity index (χ4v) is 2.99. The molecule has 2 aromatic carbocycles. The summed E-state index contributed by atoms with van der Waals surface area (Å²) >= 11 is 6.23. The van der Waals surface area contributed by atoms with E-state index in [1.165, 1.54) is 25.3 Å². The maximum absolute atomic E-state index is 12.9. The van der Waals surface area contributed by atoms with Gasteiger partial charge in [-0.15, -0.1) is 6.42 Å². The Balaban J connectivity index is 2.01. The summed E-state index contributed by atoms with van der Waals surface area (Å²) in [6.45, 7) is -0.00838. The lowest BCUT2D eigenvalue weighted by molar-refractivity contribution is -0.122. The second-order valence-corrected chi connectivity index (χ2v) is 6.23. The van der Waals surface area contributed by atoms with Gasteiger partial charge in [0.25, 0.3) is 11.8 Å². The average molecular weight is 411 g/mol. The van der Waals surface area contributed by atoms with E-state index in [-0.39, 0.29) is 28.7 Å². The number of rotatable bonds is 5. The number of amides is 4. The predicted octanol–water partition coefficient (Wildman–Crippen LogP) is 3.03. The molecule has 0 aliphatic carbocycles. The number of methoxy groups -OCH3 is 1. The summed E-state index contributed by atoms with van der Waals surface area (Å²) in [4.78, 5) is 38.2. The molecule has 0 radical (unpaired) electrons. The zero-order valence-corrected chi connectivity index (χ0v) is 16.0. The van der Waals surface area contributed by atoms with Gasteiger partial charge in [-0.1, -0.05) is 35.7 Å². The van der Waals surface area contributed by atoms with Crippen LogP contribution in [-0.4, -0.2) is 31.6 Å². The molecule has 3 rings (SSSR count). The highest BCUT2D eigenvalue weighted by Crippen LogP contribution is 2.37. The van der Waals surface area contributed by atoms with Crippen molar-refractivity contribution in [3.05, 3.63) is 58.6 Å². The summed E-state index contributed by atoms with van der Waals surface area (Å²) in [6, 6.07) is 10.5. The number of nitrogens with zero attached hydrogens (tertiary/aromatic N) is 1. The van der Waals surface area contributed by atoms with Crippen molar-refractivity contribution in [1.29, 1.82) is 0 Å². The van der Waals surface area contributed by atoms with Crippen LogP contribution in [0.25, 0.3) is 6.08 Å². The zero-order valence-electron chi connectivity index (χ0n) is 15.3. The highest BCUT2D eigenvalue weighted by molar-refractivity contribution is 6.39. The van der Waals surface area contributed by atoms with Crippen LogP contribution in [0.1, 0.15) is 5.56 Å². The van der Waals surface area contributed by atoms with Crippen LogP contribution in [0.2, 0.25) is 5.02 Å². The molecule has 0 atom stereocenters. The highest BCUT2D eigenvalue weighted by atomic mass is 35.5. The van der Waals surface area contributed by atoms with Gasteiger partial charge in [-0.2, -0.15) is 0 Å². The van der Waals surface area contributed by atoms with E-state index < -0.39 is 17.8 Å². The minimum atomic E-state index is -0.822. The van der Waals surface area contributed by atoms with Gasteiger partial charge in [-0.3, -0.25) is 14.9 Å². The molecule has 4 amide bonds. The van der Waals surface area contributed by atoms with Crippen molar-refractivity contribution in [3.63, 3.8) is 0 Å². The molecule has 0 bridgehead atoms. The van der Waals surface area contributed by atoms with Crippen LogP contribution in [0.5, 0.6) is 11.5 Å². The first-order chi connectivity index (χ1) is 14.0. The minimum absolute atomic E-state index is 0.00838. The number of carbonyl (C=O) groups excluding carboxylic acids is 3. The average Bonchev–Trinajstić information content (AvgIpc) is 2.70. The van der Waals surface area contributed by atoms with Crippen molar-refractivity contribution in [2.75, 3.05) is 18.6 Å². The number of barbiturate groups is 1. The van der Waals surface area contributed by atoms with Crippen molar-refractivity contribution >= 4 is 41.2 Å². The Morgan fingerprint density at radius 2 is 1.93 bits per heavy atom. The normalized spacial score (nSPS) is 15.1. The fraction of sp³-hybridized carbons (Fsp3) is 0.0952. The monoisotopic (exact) mass is 410 g/mol. The number of carbonyl (C=O) groups is 3. The molecule has 0 spiro atoms. The van der Waals surface area contributed by atoms with E-state index in [2.05, 4.69) is 11.2 Å². The van der Waals surface area contributed by atoms with Crippen LogP contribution < -0.4 is 19.7 Å². The van der Waals surface area contributed by atoms with E-state index in [4.69, 9.17) is 27.5 Å². The summed E-state index contributed by atoms with van der Waals surface area (Å²) in [5, 5.41) is 2.35. The molecule has 1 aliphatic heterocycles. The van der Waals surface area contributed by atoms with Crippen LogP contribution >= 0.6 is 11.6 Å². The summed E-state index contributed by atoms with van der Waals surface area (Å²) < 4.78 is 10.6. The van der Waals surface area contributed by atoms with Gasteiger partial charge in [0, 0.05) is 0 Å². The van der Waals surface area contributed by atoms with Gasteiger partial charge >= 0.3 is 6.03 Å². The first-order valence-corrected chi connectivity index (χ1v) is 8.74. The van der Waals surface area contributed by atoms with E-state index in [9.17, 15) is 14.4 Å². The standard InChI is InChI=1S/C21H15ClN2O5/c1-3-9-29-18-16(22)11-13(12-17(18)28-2)10-15-19(25)23-21(27)24(20(15)26)14-7-5-4-6-8-14/h1,4-8,10-12H,9H2,2H3,(H,23,25,27). The molecule has 0 unspecified atom stereocenters. The lowest BCUT2D eigenvalue weighted by atomic mass is 10.1. The topological polar surface area (TPSA) is 84.9 Å². The van der Waals surface area contributed by atoms with Crippen LogP contribution in [0.4, 0.5) is 10.5 Å². The maximum Gasteiger partial charge on any atom is 0.335 e. The van der Waals surface area contributed by atoms with Gasteiger partial charge in [-0.05, 0) is 35.9 Å². The Morgan fingerprint density at radius 3 is 2.59 bits per heavy atom. The Hall–Kier alpha value is -3.76. The molecule has 29 heavy (non-hydrogen) atoms. The van der Waals surface area contributed by atoms with E-state index >= 15 is 0 Å². The molecule has 2 aromatic rings. The molecule has 0 aromatic heterocycles. The number of hydrogen-bond donors (Lipinski definition) is 1. The molecule has 1 fully saturated rings. The maximum atomic E-state index is 12.9. The molecule has 1 saturated heterocycles. The molecule has 1 aliphatic rings. The molecule has 1 heterocycles. The van der Waals surface area contributed by atoms with E-state index in [1.807, 2.05) is 0 Å². The largest absolute Gasteiger partial charge is 0.493 e. The van der Waals surface area contributed by atoms with Crippen molar-refractivity contribution in [3.8, 4) is 23.8 Å². The van der Waals surface area contributed by atoms with Crippen LogP contribution in [-0.2, 0) is 9.59 Å². The van der Waals surface area contributed by atoms with Gasteiger partial charge in [0.05, 0.1) is 17.8 Å². The number of para-hydroxylation sites is 1. The molecular weight excluding hydrogens is 396 g/mol. The number of nitrogens with one attached hydrogen (secondary N) is 1. The SMILES string of the molecule is C#CCOc1c(Cl)cc(C=C2C(=O)NC(=O)N(c3ccccc3)C2=O)cc1OC. The minimum Gasteiger partial charge on any atom is -0.493 e. The molecule has 0 saturated carbocycles. The van der Waals surface area contributed by atoms with Crippen molar-refractivity contribution in [2.45, 2.75) is 0 Å². The molecule has 1 N–H and O–H groups in total. The summed E-state index contributed by atoms with van der Waals surface area (Å²) in [5.74, 6) is 1.28. The third kappa shape index (κ3) is 4.08. The van der Waals surface area contributed by atoms with Crippen molar-refractivity contribution in [2.24, 2.45) is 0 Å². The fourth-order valence-electron chi connectivity index (χ4n) is 2.71. The second-order valence-electron chi connectivity index (χ2n) is 5.82. The van der Waals surface area contributed by atoms with Crippen LogP contribution in [0.15, 0.2) is 48.0 Å².